The lowest BCUT2D eigenvalue weighted by Crippen LogP contribution is -2.10. The molecule has 1 nitrogen and oxygen atoms in total. The average Bonchev–Trinajstić information content (AvgIpc) is 2.16. The number of rotatable bonds is 3. The lowest BCUT2D eigenvalue weighted by atomic mass is 10.1. The summed E-state index contributed by atoms with van der Waals surface area (Å²) >= 11 is 14.7. The van der Waals surface area contributed by atoms with E-state index in [4.69, 9.17) is 23.2 Å². The molecule has 0 radical (unpaired) electrons. The summed E-state index contributed by atoms with van der Waals surface area (Å²) < 4.78 is 0.843. The van der Waals surface area contributed by atoms with Crippen molar-refractivity contribution in [3.8, 4) is 0 Å². The molecule has 0 N–H and O–H groups in total. The van der Waals surface area contributed by atoms with Crippen LogP contribution in [0.4, 0.5) is 0 Å². The van der Waals surface area contributed by atoms with Crippen LogP contribution in [0.1, 0.15) is 22.8 Å². The highest BCUT2D eigenvalue weighted by atomic mass is 79.9. The number of Topliss-reactive ketones (excluding diaryl/α,β-unsaturated/α-hetero) is 1. The third kappa shape index (κ3) is 2.72. The van der Waals surface area contributed by atoms with E-state index >= 15 is 0 Å². The zero-order chi connectivity index (χ0) is 10.7. The Morgan fingerprint density at radius 1 is 1.57 bits per heavy atom. The Morgan fingerprint density at radius 2 is 2.21 bits per heavy atom. The molecule has 0 aliphatic rings. The Morgan fingerprint density at radius 3 is 2.64 bits per heavy atom. The highest BCUT2D eigenvalue weighted by molar-refractivity contribution is 9.10. The van der Waals surface area contributed by atoms with Crippen LogP contribution < -0.4 is 0 Å². The number of ketones is 1. The number of carbonyl (C=O) groups is 1. The molecule has 0 saturated heterocycles. The molecule has 4 heteroatoms. The minimum atomic E-state index is -0.497. The first-order chi connectivity index (χ1) is 6.56. The van der Waals surface area contributed by atoms with Gasteiger partial charge in [-0.15, -0.1) is 23.2 Å². The van der Waals surface area contributed by atoms with Crippen LogP contribution in [0.15, 0.2) is 22.7 Å². The van der Waals surface area contributed by atoms with Crippen molar-refractivity contribution in [1.82, 2.24) is 0 Å². The van der Waals surface area contributed by atoms with Gasteiger partial charge in [-0.1, -0.05) is 28.1 Å². The topological polar surface area (TPSA) is 17.1 Å². The average molecular weight is 296 g/mol. The fraction of sp³-hybridized carbons (Fsp3) is 0.300. The van der Waals surface area contributed by atoms with Crippen molar-refractivity contribution in [2.45, 2.75) is 18.2 Å². The van der Waals surface area contributed by atoms with Gasteiger partial charge in [-0.2, -0.15) is 0 Å². The van der Waals surface area contributed by atoms with Crippen molar-refractivity contribution >= 4 is 44.9 Å². The maximum Gasteiger partial charge on any atom is 0.180 e. The molecule has 14 heavy (non-hydrogen) atoms. The first-order valence-corrected chi connectivity index (χ1v) is 5.85. The van der Waals surface area contributed by atoms with Gasteiger partial charge in [0.15, 0.2) is 5.78 Å². The van der Waals surface area contributed by atoms with E-state index in [1.807, 2.05) is 6.07 Å². The van der Waals surface area contributed by atoms with Gasteiger partial charge < -0.3 is 0 Å². The fourth-order valence-corrected chi connectivity index (χ4v) is 2.08. The minimum absolute atomic E-state index is 0.0755. The van der Waals surface area contributed by atoms with E-state index in [1.54, 1.807) is 19.1 Å². The van der Waals surface area contributed by atoms with Crippen molar-refractivity contribution in [3.05, 3.63) is 33.8 Å². The van der Waals surface area contributed by atoms with E-state index in [1.165, 1.54) is 0 Å². The largest absolute Gasteiger partial charge is 0.293 e. The molecule has 1 unspecified atom stereocenters. The van der Waals surface area contributed by atoms with Gasteiger partial charge in [0.1, 0.15) is 0 Å². The molecule has 1 rings (SSSR count). The van der Waals surface area contributed by atoms with Crippen molar-refractivity contribution in [3.63, 3.8) is 0 Å². The van der Waals surface area contributed by atoms with Gasteiger partial charge in [-0.3, -0.25) is 4.79 Å². The number of halogens is 3. The zero-order valence-electron chi connectivity index (χ0n) is 7.56. The highest BCUT2D eigenvalue weighted by Gasteiger charge is 2.13. The van der Waals surface area contributed by atoms with Crippen LogP contribution in [-0.4, -0.2) is 11.2 Å². The summed E-state index contributed by atoms with van der Waals surface area (Å²) in [7, 11) is 0. The first-order valence-electron chi connectivity index (χ1n) is 4.09. The van der Waals surface area contributed by atoms with Gasteiger partial charge in [0.2, 0.25) is 0 Å². The molecule has 0 fully saturated rings. The number of hydrogen-bond acceptors (Lipinski definition) is 1. The van der Waals surface area contributed by atoms with E-state index in [-0.39, 0.29) is 5.78 Å². The van der Waals surface area contributed by atoms with Crippen molar-refractivity contribution < 1.29 is 4.79 Å². The lowest BCUT2D eigenvalue weighted by Gasteiger charge is -2.05. The van der Waals surface area contributed by atoms with Gasteiger partial charge >= 0.3 is 0 Å². The quantitative estimate of drug-likeness (QED) is 0.608. The van der Waals surface area contributed by atoms with Crippen LogP contribution in [0.5, 0.6) is 0 Å². The minimum Gasteiger partial charge on any atom is -0.293 e. The van der Waals surface area contributed by atoms with E-state index in [9.17, 15) is 4.79 Å². The van der Waals surface area contributed by atoms with Crippen LogP contribution >= 0.6 is 39.1 Å². The van der Waals surface area contributed by atoms with Crippen LogP contribution in [0.3, 0.4) is 0 Å². The van der Waals surface area contributed by atoms with Gasteiger partial charge in [-0.25, -0.2) is 0 Å². The van der Waals surface area contributed by atoms with Crippen LogP contribution in [0.25, 0.3) is 0 Å². The van der Waals surface area contributed by atoms with Crippen LogP contribution in [0, 0.1) is 0 Å². The van der Waals surface area contributed by atoms with Gasteiger partial charge in [0, 0.05) is 15.9 Å². The van der Waals surface area contributed by atoms with Crippen LogP contribution in [-0.2, 0) is 5.88 Å². The molecule has 76 valence electrons. The van der Waals surface area contributed by atoms with Gasteiger partial charge in [-0.05, 0) is 18.6 Å². The lowest BCUT2D eigenvalue weighted by molar-refractivity contribution is 0.0991. The Hall–Kier alpha value is -0.0500. The SMILES string of the molecule is CC(Cl)C(=O)c1ccc(CCl)c(Br)c1. The van der Waals surface area contributed by atoms with E-state index in [0.717, 1.165) is 10.0 Å². The Labute approximate surface area is 102 Å². The molecule has 0 saturated carbocycles. The summed E-state index contributed by atoms with van der Waals surface area (Å²) in [6, 6.07) is 5.31. The summed E-state index contributed by atoms with van der Waals surface area (Å²) in [5, 5.41) is -0.497. The number of benzene rings is 1. The second kappa shape index (κ2) is 5.15. The smallest absolute Gasteiger partial charge is 0.180 e. The molecular formula is C10H9BrCl2O. The molecule has 0 spiro atoms. The monoisotopic (exact) mass is 294 g/mol. The fourth-order valence-electron chi connectivity index (χ4n) is 1.04. The maximum absolute atomic E-state index is 11.5. The molecule has 1 atom stereocenters. The molecule has 0 bridgehead atoms. The second-order valence-corrected chi connectivity index (χ2v) is 4.70. The van der Waals surface area contributed by atoms with Crippen molar-refractivity contribution in [2.75, 3.05) is 0 Å². The standard InChI is InChI=1S/C10H9BrCl2O/c1-6(13)10(14)7-2-3-8(5-12)9(11)4-7/h2-4,6H,5H2,1H3. The van der Waals surface area contributed by atoms with Crippen molar-refractivity contribution in [2.24, 2.45) is 0 Å². The molecule has 0 aliphatic carbocycles. The second-order valence-electron chi connectivity index (χ2n) is 2.92. The molecule has 0 aliphatic heterocycles. The number of alkyl halides is 2. The molecule has 1 aromatic carbocycles. The maximum atomic E-state index is 11.5. The van der Waals surface area contributed by atoms with Crippen molar-refractivity contribution in [1.29, 1.82) is 0 Å². The zero-order valence-corrected chi connectivity index (χ0v) is 10.7. The normalized spacial score (nSPS) is 12.6. The number of hydrogen-bond donors (Lipinski definition) is 0. The Balaban J connectivity index is 3.03. The molecule has 0 amide bonds. The summed E-state index contributed by atoms with van der Waals surface area (Å²) in [6.45, 7) is 1.66. The summed E-state index contributed by atoms with van der Waals surface area (Å²) in [4.78, 5) is 11.5. The van der Waals surface area contributed by atoms with E-state index < -0.39 is 5.38 Å². The van der Waals surface area contributed by atoms with Gasteiger partial charge in [0.05, 0.1) is 5.38 Å². The summed E-state index contributed by atoms with van der Waals surface area (Å²) in [6.07, 6.45) is 0. The molecule has 0 heterocycles. The third-order valence-corrected chi connectivity index (χ3v) is 3.07. The molecular weight excluding hydrogens is 287 g/mol. The third-order valence-electron chi connectivity index (χ3n) is 1.84. The number of carbonyl (C=O) groups excluding carboxylic acids is 1. The highest BCUT2D eigenvalue weighted by Crippen LogP contribution is 2.21. The van der Waals surface area contributed by atoms with Gasteiger partial charge in [0.25, 0.3) is 0 Å². The summed E-state index contributed by atoms with van der Waals surface area (Å²) in [5.41, 5.74) is 1.57. The molecule has 1 aromatic rings. The Kier molecular flexibility index (Phi) is 4.42. The Bertz CT molecular complexity index is 350. The van der Waals surface area contributed by atoms with E-state index in [2.05, 4.69) is 15.9 Å². The van der Waals surface area contributed by atoms with E-state index in [0.29, 0.717) is 11.4 Å². The molecule has 0 aromatic heterocycles. The predicted octanol–water partition coefficient (Wildman–Crippen LogP) is 4.00. The first kappa shape index (κ1) is 12.0. The van der Waals surface area contributed by atoms with Crippen LogP contribution in [0.2, 0.25) is 0 Å². The summed E-state index contributed by atoms with van der Waals surface area (Å²) in [5.74, 6) is 0.347. The predicted molar refractivity (Wildman–Crippen MR) is 63.3 cm³/mol.